The van der Waals surface area contributed by atoms with Crippen LogP contribution >= 0.6 is 27.5 Å². The lowest BCUT2D eigenvalue weighted by atomic mass is 10.2. The van der Waals surface area contributed by atoms with Gasteiger partial charge in [0.15, 0.2) is 0 Å². The highest BCUT2D eigenvalue weighted by Gasteiger charge is 2.08. The van der Waals surface area contributed by atoms with Crippen LogP contribution in [0.25, 0.3) is 0 Å². The number of nitrogens with one attached hydrogen (secondary N) is 1. The Balaban J connectivity index is 2.62. The Bertz CT molecular complexity index is 370. The number of amides is 1. The number of benzene rings is 1. The third-order valence-electron chi connectivity index (χ3n) is 2.04. The average Bonchev–Trinajstić information content (AvgIpc) is 2.15. The number of halogens is 2. The second kappa shape index (κ2) is 5.49. The minimum atomic E-state index is -0.361. The minimum absolute atomic E-state index is 0.340. The van der Waals surface area contributed by atoms with Crippen LogP contribution < -0.4 is 11.1 Å². The largest absolute Gasteiger partial charge is 0.368 e. The van der Waals surface area contributed by atoms with Crippen molar-refractivity contribution in [2.24, 2.45) is 5.73 Å². The van der Waals surface area contributed by atoms with Crippen LogP contribution in [-0.4, -0.2) is 11.9 Å². The maximum atomic E-state index is 10.8. The fourth-order valence-electron chi connectivity index (χ4n) is 1.03. The highest BCUT2D eigenvalue weighted by atomic mass is 79.9. The Morgan fingerprint density at radius 3 is 2.87 bits per heavy atom. The molecule has 1 atom stereocenters. The van der Waals surface area contributed by atoms with Crippen LogP contribution in [0.5, 0.6) is 0 Å². The molecule has 1 aromatic rings. The predicted molar refractivity (Wildman–Crippen MR) is 64.6 cm³/mol. The van der Waals surface area contributed by atoms with Gasteiger partial charge in [0.25, 0.3) is 0 Å². The molecule has 0 heterocycles. The number of primary amides is 1. The summed E-state index contributed by atoms with van der Waals surface area (Å²) < 4.78 is 0.916. The van der Waals surface area contributed by atoms with E-state index in [-0.39, 0.29) is 11.9 Å². The van der Waals surface area contributed by atoms with Crippen LogP contribution in [0.15, 0.2) is 22.7 Å². The zero-order valence-corrected chi connectivity index (χ0v) is 10.6. The Hall–Kier alpha value is -0.580. The van der Waals surface area contributed by atoms with Gasteiger partial charge in [0.2, 0.25) is 5.91 Å². The van der Waals surface area contributed by atoms with Crippen molar-refractivity contribution in [2.75, 3.05) is 0 Å². The number of carbonyl (C=O) groups excluding carboxylic acids is 1. The Morgan fingerprint density at radius 2 is 2.33 bits per heavy atom. The lowest BCUT2D eigenvalue weighted by molar-refractivity contribution is -0.119. The summed E-state index contributed by atoms with van der Waals surface area (Å²) in [5, 5.41) is 3.69. The van der Waals surface area contributed by atoms with E-state index in [2.05, 4.69) is 21.2 Å². The molecular weight excluding hydrogens is 279 g/mol. The lowest BCUT2D eigenvalue weighted by Crippen LogP contribution is -2.38. The highest BCUT2D eigenvalue weighted by Crippen LogP contribution is 2.21. The number of hydrogen-bond donors (Lipinski definition) is 2. The van der Waals surface area contributed by atoms with E-state index in [1.165, 1.54) is 0 Å². The predicted octanol–water partition coefficient (Wildman–Crippen LogP) is 2.07. The molecule has 0 fully saturated rings. The molecule has 1 amide bonds. The van der Waals surface area contributed by atoms with Crippen LogP contribution in [-0.2, 0) is 11.3 Å². The third-order valence-corrected chi connectivity index (χ3v) is 3.01. The summed E-state index contributed by atoms with van der Waals surface area (Å²) >= 11 is 9.20. The molecule has 0 bridgehead atoms. The second-order valence-corrected chi connectivity index (χ2v) is 4.53. The van der Waals surface area contributed by atoms with E-state index >= 15 is 0 Å². The third kappa shape index (κ3) is 3.81. The van der Waals surface area contributed by atoms with E-state index in [0.29, 0.717) is 11.6 Å². The standard InChI is InChI=1S/C10H12BrClN2O/c1-6(10(13)15)14-5-7-2-3-8(12)4-9(7)11/h2-4,6,14H,5H2,1H3,(H2,13,15)/t6-/m0/s1. The summed E-state index contributed by atoms with van der Waals surface area (Å²) in [5.74, 6) is -0.361. The van der Waals surface area contributed by atoms with Crippen LogP contribution in [0.1, 0.15) is 12.5 Å². The molecule has 3 nitrogen and oxygen atoms in total. The number of nitrogens with two attached hydrogens (primary N) is 1. The van der Waals surface area contributed by atoms with Crippen LogP contribution in [0.2, 0.25) is 5.02 Å². The highest BCUT2D eigenvalue weighted by molar-refractivity contribution is 9.10. The van der Waals surface area contributed by atoms with Gasteiger partial charge < -0.3 is 11.1 Å². The van der Waals surface area contributed by atoms with Gasteiger partial charge >= 0.3 is 0 Å². The van der Waals surface area contributed by atoms with Crippen LogP contribution in [0.4, 0.5) is 0 Å². The maximum absolute atomic E-state index is 10.8. The number of rotatable bonds is 4. The van der Waals surface area contributed by atoms with Gasteiger partial charge in [-0.05, 0) is 24.6 Å². The van der Waals surface area contributed by atoms with Gasteiger partial charge in [-0.15, -0.1) is 0 Å². The first-order valence-corrected chi connectivity index (χ1v) is 5.64. The smallest absolute Gasteiger partial charge is 0.234 e. The molecule has 1 aromatic carbocycles. The first-order valence-electron chi connectivity index (χ1n) is 4.47. The van der Waals surface area contributed by atoms with Crippen LogP contribution in [0.3, 0.4) is 0 Å². The first-order chi connectivity index (χ1) is 7.00. The molecule has 0 saturated heterocycles. The molecule has 0 aromatic heterocycles. The van der Waals surface area contributed by atoms with E-state index in [4.69, 9.17) is 17.3 Å². The van der Waals surface area contributed by atoms with Crippen molar-refractivity contribution in [3.05, 3.63) is 33.3 Å². The summed E-state index contributed by atoms with van der Waals surface area (Å²) in [6.45, 7) is 2.30. The van der Waals surface area contributed by atoms with Gasteiger partial charge in [-0.25, -0.2) is 0 Å². The van der Waals surface area contributed by atoms with Crippen LogP contribution in [0, 0.1) is 0 Å². The molecule has 5 heteroatoms. The van der Waals surface area contributed by atoms with Gasteiger partial charge in [0.05, 0.1) is 6.04 Å². The molecule has 3 N–H and O–H groups in total. The zero-order valence-electron chi connectivity index (χ0n) is 8.26. The van der Waals surface area contributed by atoms with Crippen molar-refractivity contribution in [1.29, 1.82) is 0 Å². The van der Waals surface area contributed by atoms with Gasteiger partial charge in [-0.1, -0.05) is 33.6 Å². The lowest BCUT2D eigenvalue weighted by Gasteiger charge is -2.11. The number of carbonyl (C=O) groups is 1. The Labute approximate surface area is 102 Å². The monoisotopic (exact) mass is 290 g/mol. The molecule has 82 valence electrons. The molecule has 0 aliphatic carbocycles. The van der Waals surface area contributed by atoms with E-state index in [1.54, 1.807) is 13.0 Å². The average molecular weight is 292 g/mol. The second-order valence-electron chi connectivity index (χ2n) is 3.24. The Kier molecular flexibility index (Phi) is 4.57. The summed E-state index contributed by atoms with van der Waals surface area (Å²) in [6.07, 6.45) is 0. The van der Waals surface area contributed by atoms with Crippen molar-refractivity contribution >= 4 is 33.4 Å². The molecule has 15 heavy (non-hydrogen) atoms. The molecule has 0 aliphatic rings. The van der Waals surface area contributed by atoms with Crippen molar-refractivity contribution in [1.82, 2.24) is 5.32 Å². The van der Waals surface area contributed by atoms with Crippen molar-refractivity contribution < 1.29 is 4.79 Å². The zero-order chi connectivity index (χ0) is 11.4. The molecular formula is C10H12BrClN2O. The summed E-state index contributed by atoms with van der Waals surface area (Å²) in [6, 6.07) is 5.17. The molecule has 1 rings (SSSR count). The molecule has 0 spiro atoms. The van der Waals surface area contributed by atoms with Crippen molar-refractivity contribution in [3.8, 4) is 0 Å². The minimum Gasteiger partial charge on any atom is -0.368 e. The van der Waals surface area contributed by atoms with E-state index in [1.807, 2.05) is 12.1 Å². The van der Waals surface area contributed by atoms with E-state index in [9.17, 15) is 4.79 Å². The fourth-order valence-corrected chi connectivity index (χ4v) is 1.85. The number of hydrogen-bond acceptors (Lipinski definition) is 2. The Morgan fingerprint density at radius 1 is 1.67 bits per heavy atom. The molecule has 0 radical (unpaired) electrons. The maximum Gasteiger partial charge on any atom is 0.234 e. The van der Waals surface area contributed by atoms with Gasteiger partial charge in [-0.2, -0.15) is 0 Å². The summed E-state index contributed by atoms with van der Waals surface area (Å²) in [5.41, 5.74) is 6.16. The quantitative estimate of drug-likeness (QED) is 0.892. The topological polar surface area (TPSA) is 55.1 Å². The molecule has 0 unspecified atom stereocenters. The normalized spacial score (nSPS) is 12.5. The van der Waals surface area contributed by atoms with Gasteiger partial charge in [-0.3, -0.25) is 4.79 Å². The molecule has 0 aliphatic heterocycles. The van der Waals surface area contributed by atoms with Gasteiger partial charge in [0.1, 0.15) is 0 Å². The van der Waals surface area contributed by atoms with E-state index in [0.717, 1.165) is 10.0 Å². The van der Waals surface area contributed by atoms with Crippen molar-refractivity contribution in [2.45, 2.75) is 19.5 Å². The summed E-state index contributed by atoms with van der Waals surface area (Å²) in [7, 11) is 0. The van der Waals surface area contributed by atoms with E-state index < -0.39 is 0 Å². The molecule has 0 saturated carbocycles. The first kappa shape index (κ1) is 12.5. The SMILES string of the molecule is C[C@H](NCc1ccc(Cl)cc1Br)C(N)=O. The van der Waals surface area contributed by atoms with Gasteiger partial charge in [0, 0.05) is 16.0 Å². The van der Waals surface area contributed by atoms with Crippen molar-refractivity contribution in [3.63, 3.8) is 0 Å². The summed E-state index contributed by atoms with van der Waals surface area (Å²) in [4.78, 5) is 10.8. The fraction of sp³-hybridized carbons (Fsp3) is 0.300.